The molecule has 0 heterocycles. The molecule has 23 heavy (non-hydrogen) atoms. The van der Waals surface area contributed by atoms with Crippen LogP contribution in [0.4, 0.5) is 4.79 Å². The average Bonchev–Trinajstić information content (AvgIpc) is 2.45. The highest BCUT2D eigenvalue weighted by Gasteiger charge is 2.21. The van der Waals surface area contributed by atoms with Crippen LogP contribution in [0.1, 0.15) is 26.3 Å². The van der Waals surface area contributed by atoms with Crippen molar-refractivity contribution in [2.75, 3.05) is 14.2 Å². The summed E-state index contributed by atoms with van der Waals surface area (Å²) in [5, 5.41) is 2.54. The number of methoxy groups -OCH3 is 2. The summed E-state index contributed by atoms with van der Waals surface area (Å²) in [6.07, 6.45) is 0.283. The van der Waals surface area contributed by atoms with Gasteiger partial charge >= 0.3 is 6.09 Å². The van der Waals surface area contributed by atoms with E-state index in [9.17, 15) is 9.59 Å². The van der Waals surface area contributed by atoms with Crippen LogP contribution in [0.3, 0.4) is 0 Å². The zero-order valence-corrected chi connectivity index (χ0v) is 15.5. The van der Waals surface area contributed by atoms with Crippen molar-refractivity contribution in [3.63, 3.8) is 0 Å². The summed E-state index contributed by atoms with van der Waals surface area (Å²) in [7, 11) is 3.08. The molecule has 0 aliphatic carbocycles. The van der Waals surface area contributed by atoms with Gasteiger partial charge in [0.15, 0.2) is 0 Å². The van der Waals surface area contributed by atoms with E-state index in [-0.39, 0.29) is 6.42 Å². The quantitative estimate of drug-likeness (QED) is 0.759. The molecule has 1 aromatic carbocycles. The predicted octanol–water partition coefficient (Wildman–Crippen LogP) is 3.10. The Morgan fingerprint density at radius 1 is 1.26 bits per heavy atom. The minimum Gasteiger partial charge on any atom is -0.496 e. The van der Waals surface area contributed by atoms with Gasteiger partial charge in [-0.15, -0.1) is 0 Å². The number of benzene rings is 1. The molecule has 0 aliphatic heterocycles. The van der Waals surface area contributed by atoms with Crippen LogP contribution < -0.4 is 14.8 Å². The molecule has 0 fully saturated rings. The van der Waals surface area contributed by atoms with Crippen molar-refractivity contribution in [1.29, 1.82) is 0 Å². The smallest absolute Gasteiger partial charge is 0.408 e. The Bertz CT molecular complexity index is 568. The Kier molecular flexibility index (Phi) is 6.87. The topological polar surface area (TPSA) is 73.9 Å². The van der Waals surface area contributed by atoms with Gasteiger partial charge in [-0.1, -0.05) is 0 Å². The lowest BCUT2D eigenvalue weighted by Crippen LogP contribution is -2.41. The highest BCUT2D eigenvalue weighted by Crippen LogP contribution is 2.33. The highest BCUT2D eigenvalue weighted by molar-refractivity contribution is 9.10. The Labute approximate surface area is 144 Å². The molecule has 0 aromatic heterocycles. The van der Waals surface area contributed by atoms with E-state index < -0.39 is 17.7 Å². The summed E-state index contributed by atoms with van der Waals surface area (Å²) in [6, 6.07) is 2.78. The Morgan fingerprint density at radius 3 is 2.35 bits per heavy atom. The summed E-state index contributed by atoms with van der Waals surface area (Å²) in [4.78, 5) is 23.1. The third-order valence-corrected chi connectivity index (χ3v) is 3.48. The number of carbonyl (C=O) groups is 2. The van der Waals surface area contributed by atoms with Gasteiger partial charge in [0.2, 0.25) is 0 Å². The first-order chi connectivity index (χ1) is 10.7. The van der Waals surface area contributed by atoms with Gasteiger partial charge in [-0.05, 0) is 48.8 Å². The molecule has 1 unspecified atom stereocenters. The maximum atomic E-state index is 11.8. The molecular weight excluding hydrogens is 366 g/mol. The van der Waals surface area contributed by atoms with Crippen LogP contribution >= 0.6 is 15.9 Å². The molecule has 0 radical (unpaired) electrons. The molecule has 128 valence electrons. The van der Waals surface area contributed by atoms with Crippen LogP contribution in [-0.2, 0) is 16.0 Å². The molecule has 1 rings (SSSR count). The van der Waals surface area contributed by atoms with E-state index in [1.807, 2.05) is 0 Å². The first-order valence-corrected chi connectivity index (χ1v) is 7.84. The number of hydrogen-bond acceptors (Lipinski definition) is 5. The van der Waals surface area contributed by atoms with Crippen LogP contribution in [0.5, 0.6) is 11.5 Å². The zero-order valence-electron chi connectivity index (χ0n) is 13.9. The van der Waals surface area contributed by atoms with Gasteiger partial charge in [-0.3, -0.25) is 0 Å². The van der Waals surface area contributed by atoms with Gasteiger partial charge in [0.25, 0.3) is 0 Å². The van der Waals surface area contributed by atoms with E-state index in [1.54, 1.807) is 40.0 Å². The van der Waals surface area contributed by atoms with Crippen LogP contribution in [0, 0.1) is 0 Å². The minimum absolute atomic E-state index is 0.259. The number of rotatable bonds is 6. The maximum Gasteiger partial charge on any atom is 0.408 e. The van der Waals surface area contributed by atoms with Crippen molar-refractivity contribution in [2.45, 2.75) is 38.8 Å². The Hall–Kier alpha value is -1.76. The second kappa shape index (κ2) is 8.19. The minimum atomic E-state index is -0.732. The SMILES string of the molecule is COc1cc(CC(C=O)NC(=O)OC(C)(C)C)c(OC)cc1Br. The van der Waals surface area contributed by atoms with Gasteiger partial charge < -0.3 is 24.3 Å². The highest BCUT2D eigenvalue weighted by atomic mass is 79.9. The second-order valence-electron chi connectivity index (χ2n) is 5.89. The van der Waals surface area contributed by atoms with Crippen molar-refractivity contribution < 1.29 is 23.8 Å². The van der Waals surface area contributed by atoms with Gasteiger partial charge in [-0.2, -0.15) is 0 Å². The lowest BCUT2D eigenvalue weighted by molar-refractivity contribution is -0.109. The molecule has 6 nitrogen and oxygen atoms in total. The first-order valence-electron chi connectivity index (χ1n) is 7.05. The van der Waals surface area contributed by atoms with E-state index in [0.29, 0.717) is 17.8 Å². The molecule has 0 saturated carbocycles. The van der Waals surface area contributed by atoms with Crippen molar-refractivity contribution >= 4 is 28.3 Å². The standard InChI is InChI=1S/C16H22BrNO5/c1-16(2,3)23-15(20)18-11(9-19)6-10-7-14(22-5)12(17)8-13(10)21-4/h7-9,11H,6H2,1-5H3,(H,18,20). The fourth-order valence-corrected chi connectivity index (χ4v) is 2.40. The number of halogens is 1. The number of carbonyl (C=O) groups excluding carboxylic acids is 2. The molecule has 0 saturated heterocycles. The Balaban J connectivity index is 2.90. The average molecular weight is 388 g/mol. The summed E-state index contributed by atoms with van der Waals surface area (Å²) < 4.78 is 16.5. The van der Waals surface area contributed by atoms with Crippen molar-refractivity contribution in [1.82, 2.24) is 5.32 Å². The van der Waals surface area contributed by atoms with Crippen LogP contribution in [-0.4, -0.2) is 38.2 Å². The normalized spacial score (nSPS) is 12.3. The molecule has 0 aliphatic rings. The third kappa shape index (κ3) is 6.09. The first kappa shape index (κ1) is 19.3. The Morgan fingerprint density at radius 2 is 1.87 bits per heavy atom. The predicted molar refractivity (Wildman–Crippen MR) is 90.2 cm³/mol. The van der Waals surface area contributed by atoms with Crippen molar-refractivity contribution in [2.24, 2.45) is 0 Å². The number of aldehydes is 1. The molecule has 1 atom stereocenters. The third-order valence-electron chi connectivity index (χ3n) is 2.86. The summed E-state index contributed by atoms with van der Waals surface area (Å²) in [6.45, 7) is 5.27. The van der Waals surface area contributed by atoms with E-state index in [0.717, 1.165) is 10.0 Å². The van der Waals surface area contributed by atoms with Crippen molar-refractivity contribution in [3.05, 3.63) is 22.2 Å². The van der Waals surface area contributed by atoms with Gasteiger partial charge in [0.05, 0.1) is 24.7 Å². The van der Waals surface area contributed by atoms with Crippen molar-refractivity contribution in [3.8, 4) is 11.5 Å². The van der Waals surface area contributed by atoms with Gasteiger partial charge in [-0.25, -0.2) is 4.79 Å². The van der Waals surface area contributed by atoms with Gasteiger partial charge in [0.1, 0.15) is 23.4 Å². The number of amides is 1. The number of hydrogen-bond donors (Lipinski definition) is 1. The second-order valence-corrected chi connectivity index (χ2v) is 6.75. The molecule has 0 bridgehead atoms. The molecule has 1 N–H and O–H groups in total. The van der Waals surface area contributed by atoms with E-state index in [2.05, 4.69) is 21.2 Å². The van der Waals surface area contributed by atoms with E-state index in [4.69, 9.17) is 14.2 Å². The van der Waals surface area contributed by atoms with E-state index >= 15 is 0 Å². The maximum absolute atomic E-state index is 11.8. The molecular formula is C16H22BrNO5. The molecule has 1 amide bonds. The van der Waals surface area contributed by atoms with Gasteiger partial charge in [0, 0.05) is 12.0 Å². The lowest BCUT2D eigenvalue weighted by Gasteiger charge is -2.22. The summed E-state index contributed by atoms with van der Waals surface area (Å²) in [5.41, 5.74) is 0.108. The number of alkyl carbamates (subject to hydrolysis) is 1. The van der Waals surface area contributed by atoms with Crippen LogP contribution in [0.15, 0.2) is 16.6 Å². The fraction of sp³-hybridized carbons (Fsp3) is 0.500. The molecule has 0 spiro atoms. The fourth-order valence-electron chi connectivity index (χ4n) is 1.91. The monoisotopic (exact) mass is 387 g/mol. The largest absolute Gasteiger partial charge is 0.496 e. The summed E-state index contributed by atoms with van der Waals surface area (Å²) in [5.74, 6) is 1.21. The molecule has 7 heteroatoms. The van der Waals surface area contributed by atoms with E-state index in [1.165, 1.54) is 7.11 Å². The lowest BCUT2D eigenvalue weighted by atomic mass is 10.1. The zero-order chi connectivity index (χ0) is 17.6. The molecule has 1 aromatic rings. The number of nitrogens with one attached hydrogen (secondary N) is 1. The van der Waals surface area contributed by atoms with Crippen LogP contribution in [0.2, 0.25) is 0 Å². The summed E-state index contributed by atoms with van der Waals surface area (Å²) >= 11 is 3.37. The number of ether oxygens (including phenoxy) is 3. The van der Waals surface area contributed by atoms with Crippen LogP contribution in [0.25, 0.3) is 0 Å².